The second-order valence-corrected chi connectivity index (χ2v) is 9.30. The quantitative estimate of drug-likeness (QED) is 0.827. The van der Waals surface area contributed by atoms with Crippen molar-refractivity contribution in [2.24, 2.45) is 5.41 Å². The molecule has 1 N–H and O–H groups in total. The summed E-state index contributed by atoms with van der Waals surface area (Å²) < 4.78 is 15.2. The van der Waals surface area contributed by atoms with Crippen LogP contribution in [0.5, 0.6) is 0 Å². The molecular formula is C21H32N4O4. The molecule has 160 valence electrons. The number of fused-ring (bicyclic) bond motifs is 1. The van der Waals surface area contributed by atoms with Gasteiger partial charge in [0.1, 0.15) is 11.3 Å². The van der Waals surface area contributed by atoms with Crippen LogP contribution in [0.4, 0.5) is 0 Å². The lowest BCUT2D eigenvalue weighted by Crippen LogP contribution is -2.45. The summed E-state index contributed by atoms with van der Waals surface area (Å²) in [5.74, 6) is 0.322. The molecule has 1 unspecified atom stereocenters. The van der Waals surface area contributed by atoms with E-state index in [9.17, 15) is 9.59 Å². The van der Waals surface area contributed by atoms with E-state index in [0.717, 1.165) is 31.5 Å². The minimum Gasteiger partial charge on any atom is -0.349 e. The highest BCUT2D eigenvalue weighted by molar-refractivity contribution is 5.70. The van der Waals surface area contributed by atoms with Crippen LogP contribution in [0.1, 0.15) is 71.5 Å². The van der Waals surface area contributed by atoms with Crippen LogP contribution < -0.4 is 11.2 Å². The first kappa shape index (κ1) is 20.3. The smallest absolute Gasteiger partial charge is 0.332 e. The van der Waals surface area contributed by atoms with Gasteiger partial charge in [-0.3, -0.25) is 13.9 Å². The molecule has 29 heavy (non-hydrogen) atoms. The highest BCUT2D eigenvalue weighted by Gasteiger charge is 2.47. The fourth-order valence-electron chi connectivity index (χ4n) is 4.43. The summed E-state index contributed by atoms with van der Waals surface area (Å²) in [5, 5.41) is 0. The minimum absolute atomic E-state index is 0.0310. The lowest BCUT2D eigenvalue weighted by atomic mass is 9.94. The lowest BCUT2D eigenvalue weighted by Gasteiger charge is -2.41. The molecule has 0 aromatic carbocycles. The highest BCUT2D eigenvalue weighted by Crippen LogP contribution is 2.46. The molecule has 8 heteroatoms. The summed E-state index contributed by atoms with van der Waals surface area (Å²) in [6.07, 6.45) is 3.92. The fraction of sp³-hybridized carbons (Fsp3) is 0.762. The van der Waals surface area contributed by atoms with Crippen molar-refractivity contribution in [3.63, 3.8) is 0 Å². The Bertz CT molecular complexity index is 1010. The number of rotatable bonds is 5. The Morgan fingerprint density at radius 3 is 2.41 bits per heavy atom. The molecule has 3 heterocycles. The summed E-state index contributed by atoms with van der Waals surface area (Å²) in [4.78, 5) is 33.7. The van der Waals surface area contributed by atoms with Crippen LogP contribution in [-0.2, 0) is 22.6 Å². The molecule has 1 aliphatic heterocycles. The number of hydrogen-bond donors (Lipinski definition) is 1. The zero-order chi connectivity index (χ0) is 20.8. The van der Waals surface area contributed by atoms with Gasteiger partial charge in [-0.2, -0.15) is 0 Å². The largest absolute Gasteiger partial charge is 0.349 e. The van der Waals surface area contributed by atoms with Gasteiger partial charge < -0.3 is 14.5 Å². The first-order chi connectivity index (χ1) is 13.8. The summed E-state index contributed by atoms with van der Waals surface area (Å²) >= 11 is 0. The molecule has 0 radical (unpaired) electrons. The summed E-state index contributed by atoms with van der Waals surface area (Å²) in [6.45, 7) is 10.6. The molecule has 2 aliphatic rings. The highest BCUT2D eigenvalue weighted by atomic mass is 16.7. The maximum Gasteiger partial charge on any atom is 0.332 e. The van der Waals surface area contributed by atoms with E-state index in [4.69, 9.17) is 14.5 Å². The first-order valence-electron chi connectivity index (χ1n) is 10.8. The van der Waals surface area contributed by atoms with Crippen LogP contribution >= 0.6 is 0 Å². The number of H-pyrrole nitrogens is 1. The molecule has 1 atom stereocenters. The molecule has 2 aromatic rings. The topological polar surface area (TPSA) is 91.1 Å². The summed E-state index contributed by atoms with van der Waals surface area (Å²) in [7, 11) is 0. The van der Waals surface area contributed by atoms with E-state index < -0.39 is 5.79 Å². The van der Waals surface area contributed by atoms with E-state index in [1.54, 1.807) is 4.57 Å². The van der Waals surface area contributed by atoms with Crippen molar-refractivity contribution in [3.05, 3.63) is 26.7 Å². The van der Waals surface area contributed by atoms with E-state index in [0.29, 0.717) is 43.9 Å². The molecule has 0 bridgehead atoms. The monoisotopic (exact) mass is 404 g/mol. The maximum absolute atomic E-state index is 12.9. The predicted molar refractivity (Wildman–Crippen MR) is 110 cm³/mol. The van der Waals surface area contributed by atoms with E-state index in [-0.39, 0.29) is 22.6 Å². The van der Waals surface area contributed by atoms with Gasteiger partial charge in [-0.25, -0.2) is 9.78 Å². The number of ether oxygens (including phenoxy) is 2. The number of imidazole rings is 1. The Hall–Kier alpha value is -1.93. The van der Waals surface area contributed by atoms with Crippen LogP contribution in [0.15, 0.2) is 9.59 Å². The third-order valence-corrected chi connectivity index (χ3v) is 6.04. The fourth-order valence-corrected chi connectivity index (χ4v) is 4.43. The average molecular weight is 405 g/mol. The van der Waals surface area contributed by atoms with Gasteiger partial charge in [-0.05, 0) is 19.3 Å². The number of hydrogen-bond acceptors (Lipinski definition) is 5. The second kappa shape index (κ2) is 7.40. The Kier molecular flexibility index (Phi) is 5.19. The zero-order valence-corrected chi connectivity index (χ0v) is 17.9. The van der Waals surface area contributed by atoms with Gasteiger partial charge in [-0.15, -0.1) is 0 Å². The van der Waals surface area contributed by atoms with E-state index in [2.05, 4.69) is 18.8 Å². The Morgan fingerprint density at radius 2 is 1.76 bits per heavy atom. The van der Waals surface area contributed by atoms with Crippen molar-refractivity contribution in [3.8, 4) is 0 Å². The molecule has 0 amide bonds. The van der Waals surface area contributed by atoms with E-state index in [1.165, 1.54) is 4.57 Å². The molecule has 8 nitrogen and oxygen atoms in total. The van der Waals surface area contributed by atoms with Crippen LogP contribution in [0.3, 0.4) is 0 Å². The average Bonchev–Trinajstić information content (AvgIpc) is 3.30. The minimum atomic E-state index is -0.551. The predicted octanol–water partition coefficient (Wildman–Crippen LogP) is 2.74. The summed E-state index contributed by atoms with van der Waals surface area (Å²) in [5.41, 5.74) is 0.375. The number of aromatic amines is 1. The van der Waals surface area contributed by atoms with Gasteiger partial charge in [0, 0.05) is 37.3 Å². The van der Waals surface area contributed by atoms with Gasteiger partial charge in [0.25, 0.3) is 5.56 Å². The lowest BCUT2D eigenvalue weighted by molar-refractivity contribution is -0.295. The number of aromatic nitrogens is 4. The molecule has 2 aromatic heterocycles. The molecule has 4 rings (SSSR count). The normalized spacial score (nSPS) is 23.2. The SMILES string of the molecule is CCCn1c(=O)c2[nH]c(C3CCC4(C3)OCC(C)(C)CO4)nc2n(CCC)c1=O. The first-order valence-corrected chi connectivity index (χ1v) is 10.8. The molecule has 1 saturated carbocycles. The van der Waals surface area contributed by atoms with E-state index in [1.807, 2.05) is 13.8 Å². The van der Waals surface area contributed by atoms with Gasteiger partial charge in [-0.1, -0.05) is 27.7 Å². The van der Waals surface area contributed by atoms with Gasteiger partial charge in [0.15, 0.2) is 11.4 Å². The molecular weight excluding hydrogens is 372 g/mol. The van der Waals surface area contributed by atoms with Crippen LogP contribution in [0.25, 0.3) is 11.2 Å². The van der Waals surface area contributed by atoms with Gasteiger partial charge in [0.05, 0.1) is 13.2 Å². The van der Waals surface area contributed by atoms with Crippen LogP contribution in [0.2, 0.25) is 0 Å². The standard InChI is InChI=1S/C21H32N4O4/c1-5-9-24-17-15(18(26)25(10-6-2)19(24)27)22-16(23-17)14-7-8-21(11-14)28-12-20(3,4)13-29-21/h14H,5-13H2,1-4H3,(H,22,23). The number of nitrogens with zero attached hydrogens (tertiary/aromatic N) is 3. The summed E-state index contributed by atoms with van der Waals surface area (Å²) in [6, 6.07) is 0. The van der Waals surface area contributed by atoms with Crippen molar-refractivity contribution in [2.75, 3.05) is 13.2 Å². The van der Waals surface area contributed by atoms with Gasteiger partial charge in [0.2, 0.25) is 0 Å². The van der Waals surface area contributed by atoms with Crippen LogP contribution in [0, 0.1) is 5.41 Å². The van der Waals surface area contributed by atoms with E-state index >= 15 is 0 Å². The Morgan fingerprint density at radius 1 is 1.10 bits per heavy atom. The maximum atomic E-state index is 12.9. The number of nitrogens with one attached hydrogen (secondary N) is 1. The second-order valence-electron chi connectivity index (χ2n) is 9.30. The van der Waals surface area contributed by atoms with Crippen molar-refractivity contribution >= 4 is 11.2 Å². The van der Waals surface area contributed by atoms with Crippen molar-refractivity contribution in [2.45, 2.75) is 84.6 Å². The Labute approximate surface area is 170 Å². The van der Waals surface area contributed by atoms with Gasteiger partial charge >= 0.3 is 5.69 Å². The third-order valence-electron chi connectivity index (χ3n) is 6.04. The van der Waals surface area contributed by atoms with Crippen LogP contribution in [-0.4, -0.2) is 38.1 Å². The van der Waals surface area contributed by atoms with Crippen molar-refractivity contribution in [1.29, 1.82) is 0 Å². The molecule has 1 spiro atoms. The van der Waals surface area contributed by atoms with Crippen molar-refractivity contribution < 1.29 is 9.47 Å². The van der Waals surface area contributed by atoms with Crippen molar-refractivity contribution in [1.82, 2.24) is 19.1 Å². The zero-order valence-electron chi connectivity index (χ0n) is 17.9. The molecule has 1 aliphatic carbocycles. The third kappa shape index (κ3) is 3.57. The Balaban J connectivity index is 1.69. The molecule has 1 saturated heterocycles. The number of aryl methyl sites for hydroxylation is 1. The molecule has 2 fully saturated rings.